The monoisotopic (exact) mass is 585 g/mol. The van der Waals surface area contributed by atoms with Crippen LogP contribution in [0.25, 0.3) is 6.08 Å². The van der Waals surface area contributed by atoms with Gasteiger partial charge in [-0.2, -0.15) is 0 Å². The standard InChI is InChI=1S/C35H27N3O6/c1-2-44-28-17-8-5-14-25(28)32(40)29-30(31(39)22-11-9-12-23(20-22)38(42)43)37-19-18-21-10-3-4-13-24(21)33(37)35(29)26-15-6-7-16-27(26)36-34(35)41/h3-20,29-30,33H,2H2,1H3,(H,36,41)/t29-,30+,33+,35-/m0/s1. The number of nitro benzene ring substituents is 1. The number of carbonyl (C=O) groups is 3. The van der Waals surface area contributed by atoms with Gasteiger partial charge >= 0.3 is 0 Å². The van der Waals surface area contributed by atoms with Gasteiger partial charge in [0.15, 0.2) is 11.6 Å². The molecule has 4 aromatic rings. The van der Waals surface area contributed by atoms with Gasteiger partial charge < -0.3 is 15.0 Å². The molecule has 3 aliphatic heterocycles. The largest absolute Gasteiger partial charge is 0.493 e. The van der Waals surface area contributed by atoms with Crippen molar-refractivity contribution in [1.29, 1.82) is 0 Å². The summed E-state index contributed by atoms with van der Waals surface area (Å²) in [4.78, 5) is 57.2. The lowest BCUT2D eigenvalue weighted by Gasteiger charge is -2.38. The van der Waals surface area contributed by atoms with E-state index in [1.165, 1.54) is 24.3 Å². The van der Waals surface area contributed by atoms with E-state index >= 15 is 4.79 Å². The molecule has 0 unspecified atom stereocenters. The highest BCUT2D eigenvalue weighted by Crippen LogP contribution is 2.62. The maximum absolute atomic E-state index is 15.1. The topological polar surface area (TPSA) is 119 Å². The van der Waals surface area contributed by atoms with Crippen molar-refractivity contribution in [2.75, 3.05) is 11.9 Å². The Kier molecular flexibility index (Phi) is 6.39. The molecule has 4 aromatic carbocycles. The molecule has 9 heteroatoms. The summed E-state index contributed by atoms with van der Waals surface area (Å²) in [7, 11) is 0. The number of fused-ring (bicyclic) bond motifs is 6. The molecule has 0 saturated carbocycles. The van der Waals surface area contributed by atoms with Crippen LogP contribution in [-0.2, 0) is 10.2 Å². The maximum Gasteiger partial charge on any atom is 0.270 e. The third-order valence-corrected chi connectivity index (χ3v) is 8.92. The summed E-state index contributed by atoms with van der Waals surface area (Å²) in [6, 6.07) is 25.3. The van der Waals surface area contributed by atoms with Crippen LogP contribution in [0.15, 0.2) is 103 Å². The second kappa shape index (κ2) is 10.3. The molecule has 1 N–H and O–H groups in total. The predicted octanol–water partition coefficient (Wildman–Crippen LogP) is 5.98. The molecule has 1 fully saturated rings. The van der Waals surface area contributed by atoms with Gasteiger partial charge in [0, 0.05) is 29.6 Å². The number of ether oxygens (including phenoxy) is 1. The Labute approximate surface area is 252 Å². The fourth-order valence-corrected chi connectivity index (χ4v) is 7.23. The van der Waals surface area contributed by atoms with E-state index in [2.05, 4.69) is 5.32 Å². The van der Waals surface area contributed by atoms with Crippen molar-refractivity contribution in [3.8, 4) is 5.75 Å². The predicted molar refractivity (Wildman–Crippen MR) is 163 cm³/mol. The van der Waals surface area contributed by atoms with E-state index in [4.69, 9.17) is 4.74 Å². The van der Waals surface area contributed by atoms with Gasteiger partial charge in [0.05, 0.1) is 29.1 Å². The van der Waals surface area contributed by atoms with Crippen LogP contribution in [0.4, 0.5) is 11.4 Å². The smallest absolute Gasteiger partial charge is 0.270 e. The normalized spacial score (nSPS) is 22.6. The molecule has 44 heavy (non-hydrogen) atoms. The molecule has 218 valence electrons. The maximum atomic E-state index is 15.1. The minimum atomic E-state index is -1.52. The first-order chi connectivity index (χ1) is 21.4. The zero-order valence-electron chi connectivity index (χ0n) is 23.7. The third kappa shape index (κ3) is 3.82. The Morgan fingerprint density at radius 2 is 1.70 bits per heavy atom. The zero-order valence-corrected chi connectivity index (χ0v) is 23.7. The molecule has 1 amide bonds. The Balaban J connectivity index is 1.53. The molecular formula is C35H27N3O6. The number of para-hydroxylation sites is 2. The summed E-state index contributed by atoms with van der Waals surface area (Å²) >= 11 is 0. The Bertz CT molecular complexity index is 1900. The van der Waals surface area contributed by atoms with Crippen LogP contribution in [0.1, 0.15) is 50.4 Å². The van der Waals surface area contributed by atoms with Crippen LogP contribution in [0.5, 0.6) is 5.75 Å². The molecule has 4 atom stereocenters. The van der Waals surface area contributed by atoms with Crippen LogP contribution >= 0.6 is 0 Å². The number of non-ortho nitro benzene ring substituents is 1. The number of ketones is 2. The fraction of sp³-hybridized carbons (Fsp3) is 0.171. The summed E-state index contributed by atoms with van der Waals surface area (Å²) in [6.45, 7) is 2.12. The summed E-state index contributed by atoms with van der Waals surface area (Å²) in [6.07, 6.45) is 3.64. The van der Waals surface area contributed by atoms with E-state index in [9.17, 15) is 19.7 Å². The summed E-state index contributed by atoms with van der Waals surface area (Å²) in [5.41, 5.74) is 1.43. The van der Waals surface area contributed by atoms with Crippen molar-refractivity contribution in [3.63, 3.8) is 0 Å². The lowest BCUT2D eigenvalue weighted by molar-refractivity contribution is -0.384. The quantitative estimate of drug-likeness (QED) is 0.161. The van der Waals surface area contributed by atoms with Crippen molar-refractivity contribution >= 4 is 34.9 Å². The number of carbonyl (C=O) groups excluding carboxylic acids is 3. The minimum absolute atomic E-state index is 0.0786. The van der Waals surface area contributed by atoms with Gasteiger partial charge in [-0.3, -0.25) is 24.5 Å². The van der Waals surface area contributed by atoms with E-state index in [-0.39, 0.29) is 22.7 Å². The molecule has 1 spiro atoms. The molecule has 7 rings (SSSR count). The number of anilines is 1. The highest BCUT2D eigenvalue weighted by Gasteiger charge is 2.71. The fourth-order valence-electron chi connectivity index (χ4n) is 7.23. The van der Waals surface area contributed by atoms with Crippen LogP contribution in [0.2, 0.25) is 0 Å². The number of nitro groups is 1. The second-order valence-electron chi connectivity index (χ2n) is 11.1. The molecule has 3 heterocycles. The Morgan fingerprint density at radius 3 is 2.52 bits per heavy atom. The second-order valence-corrected chi connectivity index (χ2v) is 11.1. The van der Waals surface area contributed by atoms with Crippen LogP contribution < -0.4 is 10.1 Å². The van der Waals surface area contributed by atoms with E-state index < -0.39 is 39.9 Å². The lowest BCUT2D eigenvalue weighted by Crippen LogP contribution is -2.49. The average Bonchev–Trinajstić information content (AvgIpc) is 3.53. The van der Waals surface area contributed by atoms with E-state index in [1.807, 2.05) is 55.5 Å². The van der Waals surface area contributed by atoms with Crippen molar-refractivity contribution < 1.29 is 24.0 Å². The number of hydrogen-bond donors (Lipinski definition) is 1. The van der Waals surface area contributed by atoms with Gasteiger partial charge in [-0.25, -0.2) is 0 Å². The first-order valence-corrected chi connectivity index (χ1v) is 14.4. The lowest BCUT2D eigenvalue weighted by atomic mass is 9.62. The summed E-state index contributed by atoms with van der Waals surface area (Å²) < 4.78 is 5.85. The molecule has 0 radical (unpaired) electrons. The minimum Gasteiger partial charge on any atom is -0.493 e. The Hall–Kier alpha value is -5.57. The number of benzene rings is 4. The molecule has 3 aliphatic rings. The molecule has 0 aromatic heterocycles. The molecule has 0 bridgehead atoms. The third-order valence-electron chi connectivity index (χ3n) is 8.92. The first-order valence-electron chi connectivity index (χ1n) is 14.4. The number of rotatable bonds is 7. The average molecular weight is 586 g/mol. The number of Topliss-reactive ketones (excluding diaryl/α,β-unsaturated/α-hetero) is 2. The Morgan fingerprint density at radius 1 is 0.955 bits per heavy atom. The van der Waals surface area contributed by atoms with Crippen LogP contribution in [-0.4, -0.2) is 39.9 Å². The van der Waals surface area contributed by atoms with Crippen molar-refractivity contribution in [2.45, 2.75) is 24.4 Å². The van der Waals surface area contributed by atoms with Gasteiger partial charge in [-0.15, -0.1) is 0 Å². The van der Waals surface area contributed by atoms with Gasteiger partial charge in [0.25, 0.3) is 5.69 Å². The number of hydrogen-bond acceptors (Lipinski definition) is 7. The number of amides is 1. The van der Waals surface area contributed by atoms with E-state index in [0.29, 0.717) is 23.6 Å². The summed E-state index contributed by atoms with van der Waals surface area (Å²) in [5, 5.41) is 14.7. The highest BCUT2D eigenvalue weighted by atomic mass is 16.6. The molecule has 1 saturated heterocycles. The van der Waals surface area contributed by atoms with Crippen molar-refractivity contribution in [3.05, 3.63) is 141 Å². The van der Waals surface area contributed by atoms with E-state index in [1.54, 1.807) is 41.4 Å². The van der Waals surface area contributed by atoms with Crippen molar-refractivity contribution in [2.24, 2.45) is 5.92 Å². The SMILES string of the molecule is CCOc1ccccc1C(=O)[C@@H]1[C@H](C(=O)c2cccc([N+](=O)[O-])c2)N2C=Cc3ccccc3[C@@H]2[C@@]12C(=O)Nc1ccccc12. The summed E-state index contributed by atoms with van der Waals surface area (Å²) in [5.74, 6) is -2.18. The highest BCUT2D eigenvalue weighted by molar-refractivity contribution is 6.17. The van der Waals surface area contributed by atoms with Gasteiger partial charge in [0.2, 0.25) is 5.91 Å². The van der Waals surface area contributed by atoms with Gasteiger partial charge in [0.1, 0.15) is 17.2 Å². The van der Waals surface area contributed by atoms with Crippen LogP contribution in [0, 0.1) is 16.0 Å². The molecule has 9 nitrogen and oxygen atoms in total. The number of nitrogens with one attached hydrogen (secondary N) is 1. The number of nitrogens with zero attached hydrogens (tertiary/aromatic N) is 2. The molecule has 0 aliphatic carbocycles. The zero-order chi connectivity index (χ0) is 30.6. The van der Waals surface area contributed by atoms with E-state index in [0.717, 1.165) is 11.1 Å². The van der Waals surface area contributed by atoms with Gasteiger partial charge in [-0.1, -0.05) is 66.7 Å². The molecular weight excluding hydrogens is 558 g/mol. The van der Waals surface area contributed by atoms with Crippen molar-refractivity contribution in [1.82, 2.24) is 4.90 Å². The van der Waals surface area contributed by atoms with Gasteiger partial charge in [-0.05, 0) is 47.9 Å². The van der Waals surface area contributed by atoms with Crippen LogP contribution in [0.3, 0.4) is 0 Å². The first kappa shape index (κ1) is 27.3.